The van der Waals surface area contributed by atoms with Crippen LogP contribution in [0.25, 0.3) is 0 Å². The van der Waals surface area contributed by atoms with Gasteiger partial charge in [0.05, 0.1) is 16.9 Å². The number of H-pyrrole nitrogens is 1. The van der Waals surface area contributed by atoms with Crippen LogP contribution < -0.4 is 21.9 Å². The van der Waals surface area contributed by atoms with E-state index in [9.17, 15) is 9.59 Å². The van der Waals surface area contributed by atoms with Gasteiger partial charge < -0.3 is 10.6 Å². The molecule has 0 spiro atoms. The summed E-state index contributed by atoms with van der Waals surface area (Å²) in [6.45, 7) is 1.24. The monoisotopic (exact) mass is 496 g/mol. The number of halogens is 1. The Bertz CT molecular complexity index is 1280. The molecular weight excluding hydrogens is 476 g/mol. The molecule has 8 heteroatoms. The third-order valence-electron chi connectivity index (χ3n) is 4.91. The van der Waals surface area contributed by atoms with E-state index in [2.05, 4.69) is 20.9 Å². The maximum absolute atomic E-state index is 12.9. The van der Waals surface area contributed by atoms with Gasteiger partial charge in [-0.2, -0.15) is 0 Å². The summed E-state index contributed by atoms with van der Waals surface area (Å²) in [5.41, 5.74) is 7.69. The molecule has 6 nitrogen and oxygen atoms in total. The second-order valence-corrected chi connectivity index (χ2v) is 9.66. The molecule has 0 bridgehead atoms. The predicted octanol–water partition coefficient (Wildman–Crippen LogP) is 4.20. The highest BCUT2D eigenvalue weighted by molar-refractivity contribution is 9.11. The Hall–Kier alpha value is -3.10. The van der Waals surface area contributed by atoms with Crippen LogP contribution in [0, 0.1) is 0 Å². The number of aromatic nitrogens is 2. The topological polar surface area (TPSA) is 84.1 Å². The van der Waals surface area contributed by atoms with Crippen molar-refractivity contribution in [2.24, 2.45) is 0 Å². The number of nitrogens with two attached hydrogens (primary N) is 1. The molecule has 0 atom stereocenters. The summed E-state index contributed by atoms with van der Waals surface area (Å²) in [6, 6.07) is 23.4. The molecule has 31 heavy (non-hydrogen) atoms. The third kappa shape index (κ3) is 4.98. The van der Waals surface area contributed by atoms with Crippen molar-refractivity contribution < 1.29 is 0 Å². The van der Waals surface area contributed by atoms with E-state index in [4.69, 9.17) is 5.73 Å². The van der Waals surface area contributed by atoms with Crippen molar-refractivity contribution in [2.45, 2.75) is 19.6 Å². The fraction of sp³-hybridized carbons (Fsp3) is 0.130. The summed E-state index contributed by atoms with van der Waals surface area (Å²) in [5.74, 6) is 0.157. The Kier molecular flexibility index (Phi) is 6.39. The van der Waals surface area contributed by atoms with E-state index in [0.29, 0.717) is 18.8 Å². The number of rotatable bonds is 7. The van der Waals surface area contributed by atoms with Crippen LogP contribution in [0.15, 0.2) is 86.2 Å². The van der Waals surface area contributed by atoms with Crippen molar-refractivity contribution in [2.75, 3.05) is 10.6 Å². The highest BCUT2D eigenvalue weighted by Gasteiger charge is 2.20. The fourth-order valence-corrected chi connectivity index (χ4v) is 4.95. The molecular formula is C23H21BrN4O2S. The maximum Gasteiger partial charge on any atom is 0.330 e. The number of anilines is 2. The van der Waals surface area contributed by atoms with Crippen molar-refractivity contribution in [3.05, 3.63) is 113 Å². The lowest BCUT2D eigenvalue weighted by Crippen LogP contribution is -2.38. The van der Waals surface area contributed by atoms with Gasteiger partial charge in [0, 0.05) is 11.4 Å². The molecule has 0 saturated heterocycles. The Morgan fingerprint density at radius 3 is 2.16 bits per heavy atom. The Balaban J connectivity index is 1.78. The fourth-order valence-electron chi connectivity index (χ4n) is 3.45. The van der Waals surface area contributed by atoms with Gasteiger partial charge in [0.1, 0.15) is 11.5 Å². The minimum absolute atomic E-state index is 0.157. The van der Waals surface area contributed by atoms with Gasteiger partial charge in [-0.1, -0.05) is 60.7 Å². The Morgan fingerprint density at radius 2 is 1.55 bits per heavy atom. The van der Waals surface area contributed by atoms with Gasteiger partial charge in [-0.15, -0.1) is 11.3 Å². The number of hydrogen-bond donors (Lipinski definition) is 2. The summed E-state index contributed by atoms with van der Waals surface area (Å²) in [4.78, 5) is 30.9. The van der Waals surface area contributed by atoms with Gasteiger partial charge in [0.15, 0.2) is 0 Å². The summed E-state index contributed by atoms with van der Waals surface area (Å²) < 4.78 is 2.42. The van der Waals surface area contributed by atoms with Crippen LogP contribution in [0.4, 0.5) is 11.5 Å². The molecule has 0 unspecified atom stereocenters. The molecule has 0 aliphatic rings. The first-order chi connectivity index (χ1) is 15.0. The van der Waals surface area contributed by atoms with Crippen molar-refractivity contribution in [3.63, 3.8) is 0 Å². The molecule has 2 aromatic heterocycles. The quantitative estimate of drug-likeness (QED) is 0.401. The van der Waals surface area contributed by atoms with E-state index in [1.54, 1.807) is 11.3 Å². The van der Waals surface area contributed by atoms with E-state index >= 15 is 0 Å². The lowest BCUT2D eigenvalue weighted by molar-refractivity contribution is 0.714. The molecule has 0 aliphatic heterocycles. The lowest BCUT2D eigenvalue weighted by atomic mass is 10.2. The van der Waals surface area contributed by atoms with Crippen LogP contribution >= 0.6 is 27.3 Å². The van der Waals surface area contributed by atoms with Crippen LogP contribution in [-0.4, -0.2) is 9.55 Å². The molecule has 4 aromatic rings. The van der Waals surface area contributed by atoms with Gasteiger partial charge in [-0.25, -0.2) is 4.79 Å². The van der Waals surface area contributed by atoms with Crippen molar-refractivity contribution in [1.29, 1.82) is 0 Å². The van der Waals surface area contributed by atoms with Crippen molar-refractivity contribution >= 4 is 38.8 Å². The summed E-state index contributed by atoms with van der Waals surface area (Å²) >= 11 is 5.09. The zero-order valence-corrected chi connectivity index (χ0v) is 19.0. The van der Waals surface area contributed by atoms with Crippen molar-refractivity contribution in [3.8, 4) is 0 Å². The number of nitrogen functional groups attached to an aromatic ring is 1. The maximum atomic E-state index is 12.9. The second kappa shape index (κ2) is 9.36. The van der Waals surface area contributed by atoms with E-state index in [-0.39, 0.29) is 12.4 Å². The third-order valence-corrected chi connectivity index (χ3v) is 6.51. The summed E-state index contributed by atoms with van der Waals surface area (Å²) in [6.07, 6.45) is 0. The number of hydrogen-bond acceptors (Lipinski definition) is 5. The Morgan fingerprint density at radius 1 is 0.903 bits per heavy atom. The van der Waals surface area contributed by atoms with Gasteiger partial charge in [-0.3, -0.25) is 14.3 Å². The molecule has 4 rings (SSSR count). The van der Waals surface area contributed by atoms with Gasteiger partial charge in [0.2, 0.25) is 0 Å². The highest BCUT2D eigenvalue weighted by atomic mass is 79.9. The average molecular weight is 497 g/mol. The predicted molar refractivity (Wildman–Crippen MR) is 130 cm³/mol. The van der Waals surface area contributed by atoms with E-state index in [1.165, 1.54) is 4.57 Å². The number of nitrogens with one attached hydrogen (secondary N) is 1. The number of nitrogens with zero attached hydrogens (tertiary/aromatic N) is 2. The molecule has 2 aromatic carbocycles. The molecule has 0 radical (unpaired) electrons. The zero-order valence-electron chi connectivity index (χ0n) is 16.6. The minimum atomic E-state index is -0.520. The Labute approximate surface area is 191 Å². The summed E-state index contributed by atoms with van der Waals surface area (Å²) in [7, 11) is 0. The van der Waals surface area contributed by atoms with Crippen LogP contribution in [0.1, 0.15) is 16.0 Å². The standard InChI is InChI=1S/C23H21BrN4O2S/c24-19-12-11-18(31-19)15-27(13-16-7-3-1-4-8-16)20-21(25)28(23(30)26-22(20)29)14-17-9-5-2-6-10-17/h1-12H,13-15,25H2,(H,26,29,30). The summed E-state index contributed by atoms with van der Waals surface area (Å²) in [5, 5.41) is 0. The minimum Gasteiger partial charge on any atom is -0.383 e. The lowest BCUT2D eigenvalue weighted by Gasteiger charge is -2.26. The molecule has 158 valence electrons. The van der Waals surface area contributed by atoms with Crippen LogP contribution in [-0.2, 0) is 19.6 Å². The van der Waals surface area contributed by atoms with Crippen LogP contribution in [0.2, 0.25) is 0 Å². The molecule has 3 N–H and O–H groups in total. The van der Waals surface area contributed by atoms with Crippen LogP contribution in [0.5, 0.6) is 0 Å². The molecule has 0 amide bonds. The van der Waals surface area contributed by atoms with Crippen molar-refractivity contribution in [1.82, 2.24) is 9.55 Å². The first kappa shape index (κ1) is 21.1. The van der Waals surface area contributed by atoms with Crippen LogP contribution in [0.3, 0.4) is 0 Å². The van der Waals surface area contributed by atoms with E-state index in [0.717, 1.165) is 19.8 Å². The van der Waals surface area contributed by atoms with Gasteiger partial charge >= 0.3 is 5.69 Å². The molecule has 2 heterocycles. The number of thiophene rings is 1. The van der Waals surface area contributed by atoms with E-state index < -0.39 is 11.2 Å². The normalized spacial score (nSPS) is 10.9. The molecule has 0 saturated carbocycles. The number of benzene rings is 2. The first-order valence-corrected chi connectivity index (χ1v) is 11.3. The zero-order chi connectivity index (χ0) is 21.8. The van der Waals surface area contributed by atoms with Gasteiger partial charge in [0.25, 0.3) is 5.56 Å². The average Bonchev–Trinajstić information content (AvgIpc) is 3.17. The highest BCUT2D eigenvalue weighted by Crippen LogP contribution is 2.27. The van der Waals surface area contributed by atoms with Gasteiger partial charge in [-0.05, 0) is 39.2 Å². The molecule has 0 aliphatic carbocycles. The smallest absolute Gasteiger partial charge is 0.330 e. The second-order valence-electron chi connectivity index (χ2n) is 7.11. The largest absolute Gasteiger partial charge is 0.383 e. The number of aromatic amines is 1. The first-order valence-electron chi connectivity index (χ1n) is 9.71. The molecule has 0 fully saturated rings. The SMILES string of the molecule is Nc1c(N(Cc2ccccc2)Cc2ccc(Br)s2)c(=O)[nH]c(=O)n1Cc1ccccc1. The van der Waals surface area contributed by atoms with E-state index in [1.807, 2.05) is 77.7 Å².